The first-order valence-electron chi connectivity index (χ1n) is 12.7. The summed E-state index contributed by atoms with van der Waals surface area (Å²) < 4.78 is 75.7. The third-order valence-electron chi connectivity index (χ3n) is 7.09. The van der Waals surface area contributed by atoms with Crippen molar-refractivity contribution in [1.82, 2.24) is 18.8 Å². The highest BCUT2D eigenvalue weighted by Crippen LogP contribution is 2.32. The van der Waals surface area contributed by atoms with Crippen LogP contribution in [0, 0.1) is 11.6 Å². The van der Waals surface area contributed by atoms with E-state index in [-0.39, 0.29) is 52.5 Å². The lowest BCUT2D eigenvalue weighted by Crippen LogP contribution is -2.41. The summed E-state index contributed by atoms with van der Waals surface area (Å²) in [5.41, 5.74) is 7.36. The lowest BCUT2D eigenvalue weighted by molar-refractivity contribution is 0.273. The van der Waals surface area contributed by atoms with Crippen molar-refractivity contribution in [2.45, 2.75) is 23.8 Å². The number of halogens is 2. The van der Waals surface area contributed by atoms with Gasteiger partial charge in [-0.2, -0.15) is 0 Å². The largest absolute Gasteiger partial charge is 0.480 e. The number of nitrogens with one attached hydrogen (secondary N) is 1. The predicted octanol–water partition coefficient (Wildman–Crippen LogP) is 3.03. The molecule has 0 saturated carbocycles. The lowest BCUT2D eigenvalue weighted by Gasteiger charge is -2.31. The van der Waals surface area contributed by atoms with E-state index in [1.807, 2.05) is 0 Å². The number of pyridine rings is 1. The fourth-order valence-corrected chi connectivity index (χ4v) is 7.15. The second kappa shape index (κ2) is 11.0. The maximum absolute atomic E-state index is 14.4. The topological polar surface area (TPSA) is 150 Å². The lowest BCUT2D eigenvalue weighted by atomic mass is 10.0. The molecule has 3 heterocycles. The molecule has 5 rings (SSSR count). The Hall–Kier alpha value is -4.08. The first-order valence-corrected chi connectivity index (χ1v) is 16.3. The van der Waals surface area contributed by atoms with Crippen LogP contribution in [0.25, 0.3) is 22.0 Å². The molecular formula is C27H28F2N6O5S2. The van der Waals surface area contributed by atoms with Gasteiger partial charge in [0.25, 0.3) is 5.56 Å². The Labute approximate surface area is 241 Å². The number of rotatable bonds is 7. The van der Waals surface area contributed by atoms with Gasteiger partial charge >= 0.3 is 0 Å². The zero-order chi connectivity index (χ0) is 30.4. The van der Waals surface area contributed by atoms with E-state index in [1.165, 1.54) is 22.2 Å². The zero-order valence-corrected chi connectivity index (χ0v) is 24.3. The fourth-order valence-electron chi connectivity index (χ4n) is 5.00. The Morgan fingerprint density at radius 2 is 1.79 bits per heavy atom. The number of hydrogen-bond acceptors (Lipinski definition) is 8. The molecule has 0 amide bonds. The molecule has 0 spiro atoms. The molecule has 2 aromatic carbocycles. The minimum Gasteiger partial charge on any atom is -0.480 e. The Balaban J connectivity index is 1.51. The number of aromatic nitrogens is 3. The molecule has 1 unspecified atom stereocenters. The Bertz CT molecular complexity index is 1980. The van der Waals surface area contributed by atoms with Crippen molar-refractivity contribution in [2.24, 2.45) is 0 Å². The van der Waals surface area contributed by atoms with Gasteiger partial charge < -0.3 is 15.2 Å². The summed E-state index contributed by atoms with van der Waals surface area (Å²) in [4.78, 5) is 22.0. The van der Waals surface area contributed by atoms with Crippen LogP contribution >= 0.6 is 0 Å². The molecule has 2 aromatic heterocycles. The number of ether oxygens (including phenoxy) is 1. The third kappa shape index (κ3) is 5.67. The number of anilines is 2. The quantitative estimate of drug-likeness (QED) is 0.300. The maximum Gasteiger partial charge on any atom is 0.263 e. The summed E-state index contributed by atoms with van der Waals surface area (Å²) in [5, 5.41) is 0.284. The molecule has 42 heavy (non-hydrogen) atoms. The molecule has 11 nitrogen and oxygen atoms in total. The van der Waals surface area contributed by atoms with Crippen LogP contribution in [0.5, 0.6) is 5.88 Å². The second-order valence-electron chi connectivity index (χ2n) is 9.90. The van der Waals surface area contributed by atoms with Crippen LogP contribution in [0.2, 0.25) is 0 Å². The highest BCUT2D eigenvalue weighted by atomic mass is 32.2. The molecule has 1 fully saturated rings. The van der Waals surface area contributed by atoms with E-state index < -0.39 is 31.4 Å². The standard InChI is InChI=1S/C27H28F2N6O5S2/c1-40-25-23(33-41(2,37)24-7-5-18(28)14-21(24)29)13-17(15-31-25)16-4-6-22-20(12-16)26(36)35(27(30)32-22)19-8-10-34(11-9-19)42(3,38)39/h4-7,12-15,19H,2,8-11H2,1,3H3,(H2,30,32)(H,33,37). The van der Waals surface area contributed by atoms with Crippen molar-refractivity contribution in [3.05, 3.63) is 70.6 Å². The van der Waals surface area contributed by atoms with Gasteiger partial charge in [-0.3, -0.25) is 9.36 Å². The average molecular weight is 619 g/mol. The van der Waals surface area contributed by atoms with Gasteiger partial charge in [0.15, 0.2) is 0 Å². The molecule has 3 N–H and O–H groups in total. The predicted molar refractivity (Wildman–Crippen MR) is 158 cm³/mol. The van der Waals surface area contributed by atoms with Crippen LogP contribution in [0.15, 0.2) is 58.4 Å². The number of nitrogen functional groups attached to an aromatic ring is 1. The smallest absolute Gasteiger partial charge is 0.263 e. The fraction of sp³-hybridized carbons (Fsp3) is 0.259. The van der Waals surface area contributed by atoms with E-state index in [0.717, 1.165) is 18.4 Å². The molecule has 1 aliphatic heterocycles. The van der Waals surface area contributed by atoms with E-state index in [0.29, 0.717) is 35.6 Å². The number of piperidine rings is 1. The molecule has 0 bridgehead atoms. The van der Waals surface area contributed by atoms with E-state index in [1.54, 1.807) is 24.3 Å². The number of benzene rings is 2. The third-order valence-corrected chi connectivity index (χ3v) is 9.98. The number of methoxy groups -OCH3 is 1. The number of nitrogens with zero attached hydrogens (tertiary/aromatic N) is 4. The summed E-state index contributed by atoms with van der Waals surface area (Å²) >= 11 is 0. The van der Waals surface area contributed by atoms with E-state index in [2.05, 4.69) is 20.6 Å². The average Bonchev–Trinajstić information content (AvgIpc) is 2.92. The molecular weight excluding hydrogens is 590 g/mol. The molecule has 1 saturated heterocycles. The summed E-state index contributed by atoms with van der Waals surface area (Å²) in [5.74, 6) is 1.85. The van der Waals surface area contributed by atoms with Crippen molar-refractivity contribution in [3.8, 4) is 17.0 Å². The molecule has 222 valence electrons. The zero-order valence-electron chi connectivity index (χ0n) is 22.7. The highest BCUT2D eigenvalue weighted by molar-refractivity contribution is 8.01. The molecule has 1 atom stereocenters. The van der Waals surface area contributed by atoms with Gasteiger partial charge in [-0.1, -0.05) is 6.07 Å². The van der Waals surface area contributed by atoms with Crippen molar-refractivity contribution in [1.29, 1.82) is 0 Å². The number of fused-ring (bicyclic) bond motifs is 1. The van der Waals surface area contributed by atoms with Crippen LogP contribution in [0.1, 0.15) is 18.9 Å². The van der Waals surface area contributed by atoms with Gasteiger partial charge in [0.1, 0.15) is 17.3 Å². The van der Waals surface area contributed by atoms with Gasteiger partial charge in [0, 0.05) is 37.0 Å². The molecule has 4 aromatic rings. The Kier molecular flexibility index (Phi) is 7.68. The van der Waals surface area contributed by atoms with Gasteiger partial charge in [0.2, 0.25) is 21.9 Å². The first kappa shape index (κ1) is 29.4. The number of sulfonamides is 1. The van der Waals surface area contributed by atoms with Crippen molar-refractivity contribution in [3.63, 3.8) is 0 Å². The van der Waals surface area contributed by atoms with Gasteiger partial charge in [0.05, 0.1) is 38.9 Å². The minimum absolute atomic E-state index is 0.0360. The van der Waals surface area contributed by atoms with E-state index in [9.17, 15) is 26.2 Å². The Morgan fingerprint density at radius 1 is 1.07 bits per heavy atom. The summed E-state index contributed by atoms with van der Waals surface area (Å²) in [6.45, 7) is 0.524. The van der Waals surface area contributed by atoms with Crippen LogP contribution < -0.4 is 20.8 Å². The maximum atomic E-state index is 14.4. The summed E-state index contributed by atoms with van der Waals surface area (Å²) in [7, 11) is -5.49. The van der Waals surface area contributed by atoms with Crippen LogP contribution in [0.4, 0.5) is 20.4 Å². The number of hydrogen-bond donors (Lipinski definition) is 2. The van der Waals surface area contributed by atoms with E-state index >= 15 is 0 Å². The normalized spacial score (nSPS) is 16.3. The van der Waals surface area contributed by atoms with Gasteiger partial charge in [-0.15, -0.1) is 0 Å². The SMILES string of the molecule is C=S(=O)(Nc1cc(-c2ccc3nc(N)n(C4CCN(S(C)(=O)=O)CC4)c(=O)c3c2)cnc1OC)c1ccc(F)cc1F. The minimum atomic E-state index is -3.50. The number of nitrogens with two attached hydrogens (primary N) is 1. The van der Waals surface area contributed by atoms with Gasteiger partial charge in [-0.05, 0) is 54.6 Å². The second-order valence-corrected chi connectivity index (χ2v) is 13.9. The Morgan fingerprint density at radius 3 is 2.43 bits per heavy atom. The van der Waals surface area contributed by atoms with Crippen LogP contribution in [-0.2, 0) is 19.7 Å². The van der Waals surface area contributed by atoms with Crippen LogP contribution in [0.3, 0.4) is 0 Å². The highest BCUT2D eigenvalue weighted by Gasteiger charge is 2.28. The van der Waals surface area contributed by atoms with Crippen LogP contribution in [-0.4, -0.2) is 63.8 Å². The van der Waals surface area contributed by atoms with Gasteiger partial charge in [-0.25, -0.2) is 35.7 Å². The van der Waals surface area contributed by atoms with E-state index in [4.69, 9.17) is 10.5 Å². The summed E-state index contributed by atoms with van der Waals surface area (Å²) in [6.07, 6.45) is 3.44. The monoisotopic (exact) mass is 618 g/mol. The molecule has 1 aliphatic rings. The summed E-state index contributed by atoms with van der Waals surface area (Å²) in [6, 6.07) is 8.84. The van der Waals surface area contributed by atoms with Crippen molar-refractivity contribution < 1.29 is 26.1 Å². The molecule has 15 heteroatoms. The first-order chi connectivity index (χ1) is 19.8. The molecule has 0 radical (unpaired) electrons. The van der Waals surface area contributed by atoms with Crippen molar-refractivity contribution >= 4 is 48.1 Å². The molecule has 0 aliphatic carbocycles. The van der Waals surface area contributed by atoms with Crippen molar-refractivity contribution in [2.75, 3.05) is 36.9 Å².